The molecule has 0 spiro atoms. The van der Waals surface area contributed by atoms with E-state index in [1.54, 1.807) is 13.8 Å². The van der Waals surface area contributed by atoms with Crippen LogP contribution in [0.4, 0.5) is 0 Å². The molecule has 6 nitrogen and oxygen atoms in total. The fourth-order valence-electron chi connectivity index (χ4n) is 1.11. The number of aromatic nitrogens is 1. The summed E-state index contributed by atoms with van der Waals surface area (Å²) in [4.78, 5) is 4.07. The summed E-state index contributed by atoms with van der Waals surface area (Å²) in [5.74, 6) is 0. The normalized spacial score (nSPS) is 12.4. The van der Waals surface area contributed by atoms with Gasteiger partial charge in [-0.1, -0.05) is 12.2 Å². The smallest absolute Gasteiger partial charge is 0.242 e. The van der Waals surface area contributed by atoms with Crippen LogP contribution in [0, 0.1) is 0 Å². The second kappa shape index (κ2) is 5.91. The number of nitrogens with zero attached hydrogens (tertiary/aromatic N) is 1. The number of rotatable bonds is 6. The molecule has 0 aliphatic rings. The van der Waals surface area contributed by atoms with Crippen molar-refractivity contribution in [2.75, 3.05) is 13.7 Å². The summed E-state index contributed by atoms with van der Waals surface area (Å²) in [6, 6.07) is 2.88. The molecule has 0 amide bonds. The average Bonchev–Trinajstić information content (AvgIpc) is 2.37. The third kappa shape index (κ3) is 4.50. The molecular formula is C11H17N3O3S2. The van der Waals surface area contributed by atoms with E-state index in [9.17, 15) is 8.42 Å². The molecule has 106 valence electrons. The quantitative estimate of drug-likeness (QED) is 0.740. The highest BCUT2D eigenvalue weighted by atomic mass is 32.2. The molecule has 0 aliphatic carbocycles. The van der Waals surface area contributed by atoms with Crippen LogP contribution in [-0.2, 0) is 14.8 Å². The Balaban J connectivity index is 2.86. The number of pyridine rings is 1. The van der Waals surface area contributed by atoms with E-state index < -0.39 is 15.6 Å². The largest absolute Gasteiger partial charge is 0.388 e. The summed E-state index contributed by atoms with van der Waals surface area (Å²) < 4.78 is 31.6. The molecule has 0 saturated carbocycles. The van der Waals surface area contributed by atoms with Crippen LogP contribution < -0.4 is 10.5 Å². The van der Waals surface area contributed by atoms with Gasteiger partial charge in [-0.05, 0) is 26.0 Å². The maximum absolute atomic E-state index is 12.0. The molecule has 1 heterocycles. The first-order chi connectivity index (χ1) is 8.68. The zero-order valence-electron chi connectivity index (χ0n) is 11.0. The van der Waals surface area contributed by atoms with Gasteiger partial charge < -0.3 is 10.5 Å². The van der Waals surface area contributed by atoms with Crippen LogP contribution in [0.2, 0.25) is 0 Å². The SMILES string of the molecule is COC(C)(C)CNS(=O)(=O)c1ccc(C(N)=S)nc1. The van der Waals surface area contributed by atoms with Crippen molar-refractivity contribution in [2.45, 2.75) is 24.3 Å². The minimum atomic E-state index is -3.62. The first kappa shape index (κ1) is 16.0. The van der Waals surface area contributed by atoms with Gasteiger partial charge in [-0.25, -0.2) is 13.1 Å². The van der Waals surface area contributed by atoms with Gasteiger partial charge >= 0.3 is 0 Å². The predicted octanol–water partition coefficient (Wildman–Crippen LogP) is 0.419. The average molecular weight is 303 g/mol. The zero-order valence-corrected chi connectivity index (χ0v) is 12.6. The molecule has 0 aromatic carbocycles. The summed E-state index contributed by atoms with van der Waals surface area (Å²) in [7, 11) is -2.10. The van der Waals surface area contributed by atoms with Gasteiger partial charge in [0.05, 0.1) is 11.3 Å². The minimum absolute atomic E-state index is 0.0550. The Morgan fingerprint density at radius 1 is 1.53 bits per heavy atom. The Hall–Kier alpha value is -1.09. The van der Waals surface area contributed by atoms with E-state index in [4.69, 9.17) is 22.7 Å². The van der Waals surface area contributed by atoms with Gasteiger partial charge in [-0.3, -0.25) is 4.98 Å². The number of methoxy groups -OCH3 is 1. The van der Waals surface area contributed by atoms with Gasteiger partial charge in [-0.15, -0.1) is 0 Å². The van der Waals surface area contributed by atoms with E-state index in [2.05, 4.69) is 9.71 Å². The van der Waals surface area contributed by atoms with Crippen molar-refractivity contribution >= 4 is 27.2 Å². The van der Waals surface area contributed by atoms with Crippen molar-refractivity contribution in [3.05, 3.63) is 24.0 Å². The predicted molar refractivity (Wildman–Crippen MR) is 76.4 cm³/mol. The van der Waals surface area contributed by atoms with Crippen LogP contribution in [0.3, 0.4) is 0 Å². The molecule has 8 heteroatoms. The number of sulfonamides is 1. The van der Waals surface area contributed by atoms with Crippen molar-refractivity contribution in [1.82, 2.24) is 9.71 Å². The van der Waals surface area contributed by atoms with Gasteiger partial charge in [0, 0.05) is 19.9 Å². The Kier molecular flexibility index (Phi) is 4.97. The first-order valence-electron chi connectivity index (χ1n) is 5.49. The minimum Gasteiger partial charge on any atom is -0.388 e. The monoisotopic (exact) mass is 303 g/mol. The van der Waals surface area contributed by atoms with Crippen LogP contribution in [0.15, 0.2) is 23.2 Å². The third-order valence-electron chi connectivity index (χ3n) is 2.54. The van der Waals surface area contributed by atoms with E-state index >= 15 is 0 Å². The topological polar surface area (TPSA) is 94.3 Å². The molecule has 0 atom stereocenters. The Labute approximate surface area is 118 Å². The van der Waals surface area contributed by atoms with Crippen LogP contribution in [0.5, 0.6) is 0 Å². The molecule has 0 fully saturated rings. The Bertz CT molecular complexity index is 553. The number of nitrogens with one attached hydrogen (secondary N) is 1. The summed E-state index contributed by atoms with van der Waals surface area (Å²) in [5.41, 5.74) is 5.19. The van der Waals surface area contributed by atoms with E-state index in [0.29, 0.717) is 5.69 Å². The lowest BCUT2D eigenvalue weighted by Gasteiger charge is -2.22. The van der Waals surface area contributed by atoms with Gasteiger partial charge in [0.15, 0.2) is 0 Å². The van der Waals surface area contributed by atoms with Gasteiger partial charge in [0.2, 0.25) is 10.0 Å². The second-order valence-electron chi connectivity index (χ2n) is 4.53. The van der Waals surface area contributed by atoms with Crippen molar-refractivity contribution in [1.29, 1.82) is 0 Å². The van der Waals surface area contributed by atoms with E-state index in [-0.39, 0.29) is 16.4 Å². The molecule has 3 N–H and O–H groups in total. The van der Waals surface area contributed by atoms with Crippen LogP contribution >= 0.6 is 12.2 Å². The summed E-state index contributed by atoms with van der Waals surface area (Å²) in [6.45, 7) is 3.72. The molecule has 1 aromatic rings. The van der Waals surface area contributed by atoms with Gasteiger partial charge in [0.25, 0.3) is 0 Å². The lowest BCUT2D eigenvalue weighted by Crippen LogP contribution is -2.39. The van der Waals surface area contributed by atoms with Crippen molar-refractivity contribution in [3.63, 3.8) is 0 Å². The van der Waals surface area contributed by atoms with Gasteiger partial charge in [-0.2, -0.15) is 0 Å². The number of ether oxygens (including phenoxy) is 1. The molecule has 0 saturated heterocycles. The number of hydrogen-bond acceptors (Lipinski definition) is 5. The van der Waals surface area contributed by atoms with Crippen LogP contribution in [0.1, 0.15) is 19.5 Å². The first-order valence-corrected chi connectivity index (χ1v) is 7.38. The lowest BCUT2D eigenvalue weighted by molar-refractivity contribution is 0.0276. The zero-order chi connectivity index (χ0) is 14.7. The summed E-state index contributed by atoms with van der Waals surface area (Å²) in [5, 5.41) is 0. The molecule has 0 radical (unpaired) electrons. The molecule has 0 bridgehead atoms. The second-order valence-corrected chi connectivity index (χ2v) is 6.74. The Morgan fingerprint density at radius 3 is 2.58 bits per heavy atom. The maximum Gasteiger partial charge on any atom is 0.242 e. The molecule has 1 aromatic heterocycles. The fourth-order valence-corrected chi connectivity index (χ4v) is 2.37. The third-order valence-corrected chi connectivity index (χ3v) is 4.14. The molecule has 19 heavy (non-hydrogen) atoms. The number of hydrogen-bond donors (Lipinski definition) is 2. The molecule has 0 aliphatic heterocycles. The summed E-state index contributed by atoms with van der Waals surface area (Å²) >= 11 is 4.75. The summed E-state index contributed by atoms with van der Waals surface area (Å²) in [6.07, 6.45) is 1.22. The van der Waals surface area contributed by atoms with Crippen LogP contribution in [-0.4, -0.2) is 37.6 Å². The van der Waals surface area contributed by atoms with E-state index in [0.717, 1.165) is 0 Å². The standard InChI is InChI=1S/C11H17N3O3S2/c1-11(2,17-3)7-14-19(15,16)8-4-5-9(10(12)18)13-6-8/h4-6,14H,7H2,1-3H3,(H2,12,18). The molecule has 0 unspecified atom stereocenters. The van der Waals surface area contributed by atoms with Crippen molar-refractivity contribution < 1.29 is 13.2 Å². The number of thiocarbonyl (C=S) groups is 1. The van der Waals surface area contributed by atoms with Gasteiger partial charge in [0.1, 0.15) is 9.88 Å². The number of nitrogens with two attached hydrogens (primary N) is 1. The maximum atomic E-state index is 12.0. The van der Waals surface area contributed by atoms with E-state index in [1.807, 2.05) is 0 Å². The highest BCUT2D eigenvalue weighted by molar-refractivity contribution is 7.89. The highest BCUT2D eigenvalue weighted by Gasteiger charge is 2.22. The molecular weight excluding hydrogens is 286 g/mol. The molecule has 1 rings (SSSR count). The highest BCUT2D eigenvalue weighted by Crippen LogP contribution is 2.11. The van der Waals surface area contributed by atoms with E-state index in [1.165, 1.54) is 25.4 Å². The van der Waals surface area contributed by atoms with Crippen LogP contribution in [0.25, 0.3) is 0 Å². The Morgan fingerprint density at radius 2 is 2.16 bits per heavy atom. The fraction of sp³-hybridized carbons (Fsp3) is 0.455. The lowest BCUT2D eigenvalue weighted by atomic mass is 10.1. The van der Waals surface area contributed by atoms with Crippen molar-refractivity contribution in [3.8, 4) is 0 Å². The van der Waals surface area contributed by atoms with Crippen molar-refractivity contribution in [2.24, 2.45) is 5.73 Å².